The summed E-state index contributed by atoms with van der Waals surface area (Å²) in [6.45, 7) is 1.66. The maximum absolute atomic E-state index is 11.9. The fourth-order valence-corrected chi connectivity index (χ4v) is 3.56. The van der Waals surface area contributed by atoms with E-state index in [-0.39, 0.29) is 22.4 Å². The summed E-state index contributed by atoms with van der Waals surface area (Å²) in [5.41, 5.74) is 6.61. The molecule has 1 aliphatic rings. The van der Waals surface area contributed by atoms with Gasteiger partial charge in [0.05, 0.1) is 23.0 Å². The second-order valence-electron chi connectivity index (χ2n) is 4.08. The van der Waals surface area contributed by atoms with Gasteiger partial charge in [-0.25, -0.2) is 0 Å². The average molecular weight is 289 g/mol. The molecule has 0 fully saturated rings. The van der Waals surface area contributed by atoms with Crippen LogP contribution < -0.4 is 5.73 Å². The SMILES string of the molecule is CCC(CO)C1=NS(=O)(=O)c2ccc(N)c(Cl)c21. The van der Waals surface area contributed by atoms with Gasteiger partial charge in [-0.1, -0.05) is 18.5 Å². The normalized spacial score (nSPS) is 18.3. The van der Waals surface area contributed by atoms with Crippen LogP contribution in [0, 0.1) is 5.92 Å². The molecule has 1 aromatic rings. The summed E-state index contributed by atoms with van der Waals surface area (Å²) < 4.78 is 27.5. The van der Waals surface area contributed by atoms with E-state index in [1.807, 2.05) is 6.92 Å². The van der Waals surface area contributed by atoms with Crippen LogP contribution in [0.15, 0.2) is 21.4 Å². The fraction of sp³-hybridized carbons (Fsp3) is 0.364. The van der Waals surface area contributed by atoms with E-state index < -0.39 is 10.0 Å². The lowest BCUT2D eigenvalue weighted by molar-refractivity contribution is 0.259. The minimum absolute atomic E-state index is 0.0589. The Bertz CT molecular complexity index is 621. The molecule has 1 unspecified atom stereocenters. The Kier molecular flexibility index (Phi) is 3.35. The number of nitrogens with two attached hydrogens (primary N) is 1. The van der Waals surface area contributed by atoms with Gasteiger partial charge in [0.1, 0.15) is 4.90 Å². The summed E-state index contributed by atoms with van der Waals surface area (Å²) >= 11 is 6.07. The van der Waals surface area contributed by atoms with Crippen LogP contribution in [0.2, 0.25) is 5.02 Å². The van der Waals surface area contributed by atoms with Crippen molar-refractivity contribution in [1.82, 2.24) is 0 Å². The van der Waals surface area contributed by atoms with Gasteiger partial charge < -0.3 is 10.8 Å². The first-order valence-electron chi connectivity index (χ1n) is 5.46. The van der Waals surface area contributed by atoms with Crippen molar-refractivity contribution < 1.29 is 13.5 Å². The number of sulfonamides is 1. The van der Waals surface area contributed by atoms with Crippen LogP contribution in [0.25, 0.3) is 0 Å². The summed E-state index contributed by atoms with van der Waals surface area (Å²) in [4.78, 5) is 0.0589. The summed E-state index contributed by atoms with van der Waals surface area (Å²) in [5, 5.41) is 9.47. The topological polar surface area (TPSA) is 92.8 Å². The van der Waals surface area contributed by atoms with Gasteiger partial charge in [0, 0.05) is 11.5 Å². The Morgan fingerprint density at radius 1 is 1.50 bits per heavy atom. The number of anilines is 1. The molecule has 1 aromatic carbocycles. The molecular weight excluding hydrogens is 276 g/mol. The summed E-state index contributed by atoms with van der Waals surface area (Å²) in [6.07, 6.45) is 0.565. The van der Waals surface area contributed by atoms with Crippen LogP contribution in [-0.2, 0) is 10.0 Å². The molecule has 0 radical (unpaired) electrons. The zero-order valence-electron chi connectivity index (χ0n) is 9.72. The lowest BCUT2D eigenvalue weighted by atomic mass is 9.95. The van der Waals surface area contributed by atoms with Crippen molar-refractivity contribution in [2.75, 3.05) is 12.3 Å². The second kappa shape index (κ2) is 4.53. The Balaban J connectivity index is 2.72. The quantitative estimate of drug-likeness (QED) is 0.823. The van der Waals surface area contributed by atoms with Crippen LogP contribution in [0.5, 0.6) is 0 Å². The predicted octanol–water partition coefficient (Wildman–Crippen LogP) is 1.43. The summed E-state index contributed by atoms with van der Waals surface area (Å²) in [6, 6.07) is 2.84. The zero-order valence-corrected chi connectivity index (χ0v) is 11.3. The first-order chi connectivity index (χ1) is 8.42. The molecule has 0 amide bonds. The molecule has 0 bridgehead atoms. The van der Waals surface area contributed by atoms with Crippen LogP contribution in [0.4, 0.5) is 5.69 Å². The number of nitrogens with zero attached hydrogens (tertiary/aromatic N) is 1. The van der Waals surface area contributed by atoms with Crippen molar-refractivity contribution in [3.05, 3.63) is 22.7 Å². The summed E-state index contributed by atoms with van der Waals surface area (Å²) in [5.74, 6) is -0.361. The van der Waals surface area contributed by atoms with Gasteiger partial charge in [0.2, 0.25) is 0 Å². The van der Waals surface area contributed by atoms with Crippen LogP contribution >= 0.6 is 11.6 Å². The standard InChI is InChI=1S/C11H13ClN2O3S/c1-2-6(5-15)11-9-8(18(16,17)14-11)4-3-7(13)10(9)12/h3-4,6,15H,2,5,13H2,1H3. The third-order valence-electron chi connectivity index (χ3n) is 2.99. The van der Waals surface area contributed by atoms with Crippen molar-refractivity contribution >= 4 is 33.0 Å². The Morgan fingerprint density at radius 2 is 2.17 bits per heavy atom. The van der Waals surface area contributed by atoms with E-state index in [1.165, 1.54) is 12.1 Å². The first kappa shape index (κ1) is 13.3. The number of aliphatic hydroxyl groups is 1. The highest BCUT2D eigenvalue weighted by Gasteiger charge is 2.34. The van der Waals surface area contributed by atoms with Gasteiger partial charge >= 0.3 is 0 Å². The van der Waals surface area contributed by atoms with Gasteiger partial charge in [0.25, 0.3) is 10.0 Å². The second-order valence-corrected chi connectivity index (χ2v) is 6.03. The van der Waals surface area contributed by atoms with E-state index in [0.717, 1.165) is 0 Å². The first-order valence-corrected chi connectivity index (χ1v) is 7.28. The highest BCUT2D eigenvalue weighted by molar-refractivity contribution is 7.90. The minimum Gasteiger partial charge on any atom is -0.398 e. The van der Waals surface area contributed by atoms with Gasteiger partial charge in [0.15, 0.2) is 0 Å². The molecule has 2 rings (SSSR count). The Hall–Kier alpha value is -1.11. The molecular formula is C11H13ClN2O3S. The van der Waals surface area contributed by atoms with Gasteiger partial charge in [-0.05, 0) is 18.6 Å². The number of hydrogen-bond acceptors (Lipinski definition) is 4. The van der Waals surface area contributed by atoms with Crippen molar-refractivity contribution in [2.45, 2.75) is 18.2 Å². The Labute approximate surface area is 110 Å². The molecule has 18 heavy (non-hydrogen) atoms. The highest BCUT2D eigenvalue weighted by atomic mass is 35.5. The number of rotatable bonds is 3. The molecule has 0 aromatic heterocycles. The lowest BCUT2D eigenvalue weighted by Gasteiger charge is -2.13. The molecule has 3 N–H and O–H groups in total. The van der Waals surface area contributed by atoms with E-state index in [4.69, 9.17) is 17.3 Å². The maximum Gasteiger partial charge on any atom is 0.283 e. The lowest BCUT2D eigenvalue weighted by Crippen LogP contribution is -2.18. The van der Waals surface area contributed by atoms with Gasteiger partial charge in [-0.3, -0.25) is 0 Å². The smallest absolute Gasteiger partial charge is 0.283 e. The van der Waals surface area contributed by atoms with Gasteiger partial charge in [-0.2, -0.15) is 12.8 Å². The van der Waals surface area contributed by atoms with Crippen LogP contribution in [0.1, 0.15) is 18.9 Å². The molecule has 0 saturated heterocycles. The number of benzene rings is 1. The predicted molar refractivity (Wildman–Crippen MR) is 70.5 cm³/mol. The summed E-state index contributed by atoms with van der Waals surface area (Å²) in [7, 11) is -3.72. The number of nitrogen functional groups attached to an aromatic ring is 1. The number of halogens is 1. The van der Waals surface area contributed by atoms with E-state index in [9.17, 15) is 13.5 Å². The number of hydrogen-bond donors (Lipinski definition) is 2. The van der Waals surface area contributed by atoms with E-state index in [1.54, 1.807) is 0 Å². The molecule has 1 heterocycles. The molecule has 1 aliphatic heterocycles. The Morgan fingerprint density at radius 3 is 2.72 bits per heavy atom. The van der Waals surface area contributed by atoms with Crippen molar-refractivity contribution in [2.24, 2.45) is 10.3 Å². The van der Waals surface area contributed by atoms with E-state index in [0.29, 0.717) is 23.4 Å². The average Bonchev–Trinajstić information content (AvgIpc) is 2.58. The van der Waals surface area contributed by atoms with E-state index in [2.05, 4.69) is 4.40 Å². The van der Waals surface area contributed by atoms with Crippen LogP contribution in [-0.4, -0.2) is 25.8 Å². The molecule has 0 aliphatic carbocycles. The highest BCUT2D eigenvalue weighted by Crippen LogP contribution is 2.37. The monoisotopic (exact) mass is 288 g/mol. The third-order valence-corrected chi connectivity index (χ3v) is 4.73. The molecule has 98 valence electrons. The molecule has 0 spiro atoms. The van der Waals surface area contributed by atoms with Crippen LogP contribution in [0.3, 0.4) is 0 Å². The molecule has 7 heteroatoms. The van der Waals surface area contributed by atoms with Crippen molar-refractivity contribution in [3.63, 3.8) is 0 Å². The number of fused-ring (bicyclic) bond motifs is 1. The largest absolute Gasteiger partial charge is 0.398 e. The molecule has 0 saturated carbocycles. The third kappa shape index (κ3) is 1.90. The minimum atomic E-state index is -3.72. The van der Waals surface area contributed by atoms with Gasteiger partial charge in [-0.15, -0.1) is 0 Å². The zero-order chi connectivity index (χ0) is 13.5. The molecule has 5 nitrogen and oxygen atoms in total. The molecule has 1 atom stereocenters. The van der Waals surface area contributed by atoms with Crippen molar-refractivity contribution in [1.29, 1.82) is 0 Å². The van der Waals surface area contributed by atoms with Crippen molar-refractivity contribution in [3.8, 4) is 0 Å². The number of aliphatic hydroxyl groups excluding tert-OH is 1. The van der Waals surface area contributed by atoms with E-state index >= 15 is 0 Å². The fourth-order valence-electron chi connectivity index (χ4n) is 1.94. The maximum atomic E-state index is 11.9.